The first kappa shape index (κ1) is 17.0. The van der Waals surface area contributed by atoms with Gasteiger partial charge < -0.3 is 15.3 Å². The quantitative estimate of drug-likeness (QED) is 0.695. The van der Waals surface area contributed by atoms with Gasteiger partial charge in [0, 0.05) is 19.3 Å². The van der Waals surface area contributed by atoms with Crippen molar-refractivity contribution in [3.63, 3.8) is 0 Å². The number of amides is 1. The normalized spacial score (nSPS) is 14.4. The minimum absolute atomic E-state index is 0.0248. The third-order valence-electron chi connectivity index (χ3n) is 4.55. The van der Waals surface area contributed by atoms with Crippen LogP contribution in [0.25, 0.3) is 11.0 Å². The fourth-order valence-corrected chi connectivity index (χ4v) is 3.24. The minimum atomic E-state index is -1.09. The number of carboxylic acid groups (broad SMARTS) is 1. The molecule has 2 aromatic heterocycles. The maximum atomic E-state index is 12.3. The Morgan fingerprint density at radius 1 is 1.15 bits per heavy atom. The van der Waals surface area contributed by atoms with E-state index in [-0.39, 0.29) is 18.0 Å². The predicted molar refractivity (Wildman–Crippen MR) is 95.7 cm³/mol. The Morgan fingerprint density at radius 2 is 1.93 bits per heavy atom. The number of aromatic carboxylic acids is 1. The minimum Gasteiger partial charge on any atom is -0.478 e. The number of hydrogen-bond acceptors (Lipinski definition) is 7. The fourth-order valence-electron chi connectivity index (χ4n) is 3.24. The molecule has 2 N–H and O–H groups in total. The summed E-state index contributed by atoms with van der Waals surface area (Å²) in [6, 6.07) is 3.68. The van der Waals surface area contributed by atoms with Crippen LogP contribution in [-0.4, -0.2) is 50.2 Å². The molecule has 0 atom stereocenters. The van der Waals surface area contributed by atoms with Gasteiger partial charge in [-0.2, -0.15) is 5.10 Å². The lowest BCUT2D eigenvalue weighted by molar-refractivity contribution is -0.116. The van der Waals surface area contributed by atoms with Gasteiger partial charge in [0.05, 0.1) is 23.1 Å². The molecular formula is C17H18N6O4. The lowest BCUT2D eigenvalue weighted by Gasteiger charge is -2.28. The van der Waals surface area contributed by atoms with E-state index in [1.165, 1.54) is 23.5 Å². The standard InChI is InChI=1S/C17H18N6O4/c24-14(10-23-9-11(8-18-23)17(25)26)19-12-4-5-13(16-15(12)20-27-21-16)22-6-2-1-3-7-22/h4-5,8-9H,1-3,6-7,10H2,(H,19,24)(H,25,26). The zero-order valence-electron chi connectivity index (χ0n) is 14.5. The number of aromatic nitrogens is 4. The molecule has 0 unspecified atom stereocenters. The van der Waals surface area contributed by atoms with E-state index in [1.807, 2.05) is 6.07 Å². The number of hydrogen-bond donors (Lipinski definition) is 2. The highest BCUT2D eigenvalue weighted by Crippen LogP contribution is 2.31. The summed E-state index contributed by atoms with van der Waals surface area (Å²) in [5.74, 6) is -1.45. The third kappa shape index (κ3) is 3.46. The second kappa shape index (κ2) is 7.06. The molecule has 10 heteroatoms. The summed E-state index contributed by atoms with van der Waals surface area (Å²) in [7, 11) is 0. The summed E-state index contributed by atoms with van der Waals surface area (Å²) in [6.45, 7) is 1.80. The maximum Gasteiger partial charge on any atom is 0.338 e. The summed E-state index contributed by atoms with van der Waals surface area (Å²) in [4.78, 5) is 25.4. The van der Waals surface area contributed by atoms with E-state index in [4.69, 9.17) is 9.74 Å². The molecule has 0 radical (unpaired) electrons. The Morgan fingerprint density at radius 3 is 2.67 bits per heavy atom. The van der Waals surface area contributed by atoms with Crippen molar-refractivity contribution in [1.82, 2.24) is 20.1 Å². The summed E-state index contributed by atoms with van der Waals surface area (Å²) in [6.07, 6.45) is 5.99. The lowest BCUT2D eigenvalue weighted by Crippen LogP contribution is -2.29. The number of piperidine rings is 1. The van der Waals surface area contributed by atoms with Crippen LogP contribution >= 0.6 is 0 Å². The summed E-state index contributed by atoms with van der Waals surface area (Å²) in [5, 5.41) is 23.5. The fraction of sp³-hybridized carbons (Fsp3) is 0.353. The highest BCUT2D eigenvalue weighted by atomic mass is 16.6. The Balaban J connectivity index is 1.52. The molecule has 1 aromatic carbocycles. The van der Waals surface area contributed by atoms with Crippen molar-refractivity contribution in [2.45, 2.75) is 25.8 Å². The summed E-state index contributed by atoms with van der Waals surface area (Å²) < 4.78 is 6.17. The molecule has 0 spiro atoms. The van der Waals surface area contributed by atoms with Crippen LogP contribution in [-0.2, 0) is 11.3 Å². The van der Waals surface area contributed by atoms with E-state index >= 15 is 0 Å². The van der Waals surface area contributed by atoms with Gasteiger partial charge in [-0.15, -0.1) is 0 Å². The molecule has 1 fully saturated rings. The van der Waals surface area contributed by atoms with Crippen molar-refractivity contribution in [3.05, 3.63) is 30.1 Å². The van der Waals surface area contributed by atoms with E-state index in [0.717, 1.165) is 31.6 Å². The first-order valence-corrected chi connectivity index (χ1v) is 8.67. The van der Waals surface area contributed by atoms with E-state index in [2.05, 4.69) is 25.6 Å². The molecular weight excluding hydrogens is 352 g/mol. The van der Waals surface area contributed by atoms with Crippen molar-refractivity contribution in [1.29, 1.82) is 0 Å². The Bertz CT molecular complexity index is 988. The zero-order valence-corrected chi connectivity index (χ0v) is 14.5. The smallest absolute Gasteiger partial charge is 0.338 e. The van der Waals surface area contributed by atoms with Crippen LogP contribution in [0.5, 0.6) is 0 Å². The van der Waals surface area contributed by atoms with E-state index in [1.54, 1.807) is 6.07 Å². The molecule has 1 aliphatic heterocycles. The number of carboxylic acids is 1. The molecule has 140 valence electrons. The van der Waals surface area contributed by atoms with E-state index in [9.17, 15) is 9.59 Å². The molecule has 0 saturated carbocycles. The van der Waals surface area contributed by atoms with Crippen molar-refractivity contribution in [2.75, 3.05) is 23.3 Å². The van der Waals surface area contributed by atoms with Gasteiger partial charge in [-0.1, -0.05) is 0 Å². The lowest BCUT2D eigenvalue weighted by atomic mass is 10.1. The zero-order chi connectivity index (χ0) is 18.8. The topological polar surface area (TPSA) is 126 Å². The summed E-state index contributed by atoms with van der Waals surface area (Å²) in [5.41, 5.74) is 2.56. The molecule has 3 heterocycles. The van der Waals surface area contributed by atoms with Crippen LogP contribution in [0, 0.1) is 0 Å². The van der Waals surface area contributed by atoms with Gasteiger partial charge in [0.25, 0.3) is 0 Å². The predicted octanol–water partition coefficient (Wildman–Crippen LogP) is 1.75. The SMILES string of the molecule is O=C(Cn1cc(C(=O)O)cn1)Nc1ccc(N2CCCCC2)c2nonc12. The Hall–Kier alpha value is -3.43. The Labute approximate surface area is 153 Å². The van der Waals surface area contributed by atoms with Gasteiger partial charge in [-0.3, -0.25) is 9.48 Å². The van der Waals surface area contributed by atoms with Crippen LogP contribution in [0.2, 0.25) is 0 Å². The van der Waals surface area contributed by atoms with E-state index in [0.29, 0.717) is 16.7 Å². The third-order valence-corrected chi connectivity index (χ3v) is 4.55. The molecule has 0 aliphatic carbocycles. The van der Waals surface area contributed by atoms with Crippen molar-refractivity contribution in [2.24, 2.45) is 0 Å². The number of fused-ring (bicyclic) bond motifs is 1. The number of benzene rings is 1. The molecule has 27 heavy (non-hydrogen) atoms. The van der Waals surface area contributed by atoms with Crippen LogP contribution in [0.15, 0.2) is 29.2 Å². The first-order valence-electron chi connectivity index (χ1n) is 8.67. The largest absolute Gasteiger partial charge is 0.478 e. The molecule has 1 amide bonds. The molecule has 1 saturated heterocycles. The van der Waals surface area contributed by atoms with E-state index < -0.39 is 5.97 Å². The molecule has 1 aliphatic rings. The molecule has 10 nitrogen and oxygen atoms in total. The molecule has 0 bridgehead atoms. The second-order valence-electron chi connectivity index (χ2n) is 6.42. The van der Waals surface area contributed by atoms with Gasteiger partial charge in [0.1, 0.15) is 6.54 Å². The number of anilines is 2. The van der Waals surface area contributed by atoms with Gasteiger partial charge in [0.2, 0.25) is 5.91 Å². The number of rotatable bonds is 5. The van der Waals surface area contributed by atoms with Gasteiger partial charge in [-0.25, -0.2) is 9.42 Å². The van der Waals surface area contributed by atoms with Gasteiger partial charge in [0.15, 0.2) is 11.0 Å². The highest BCUT2D eigenvalue weighted by Gasteiger charge is 2.19. The second-order valence-corrected chi connectivity index (χ2v) is 6.42. The van der Waals surface area contributed by atoms with Crippen LogP contribution < -0.4 is 10.2 Å². The van der Waals surface area contributed by atoms with Crippen LogP contribution in [0.1, 0.15) is 29.6 Å². The number of carbonyl (C=O) groups excluding carboxylic acids is 1. The Kier molecular flexibility index (Phi) is 4.45. The van der Waals surface area contributed by atoms with Crippen molar-refractivity contribution < 1.29 is 19.3 Å². The van der Waals surface area contributed by atoms with Gasteiger partial charge >= 0.3 is 5.97 Å². The number of nitrogens with one attached hydrogen (secondary N) is 1. The maximum absolute atomic E-state index is 12.3. The van der Waals surface area contributed by atoms with Crippen molar-refractivity contribution in [3.8, 4) is 0 Å². The highest BCUT2D eigenvalue weighted by molar-refractivity contribution is 6.02. The molecule has 3 aromatic rings. The van der Waals surface area contributed by atoms with Crippen LogP contribution in [0.4, 0.5) is 11.4 Å². The number of nitrogens with zero attached hydrogens (tertiary/aromatic N) is 5. The number of carbonyl (C=O) groups is 2. The average molecular weight is 370 g/mol. The van der Waals surface area contributed by atoms with Gasteiger partial charge in [-0.05, 0) is 41.7 Å². The van der Waals surface area contributed by atoms with Crippen LogP contribution in [0.3, 0.4) is 0 Å². The average Bonchev–Trinajstić information content (AvgIpc) is 3.32. The summed E-state index contributed by atoms with van der Waals surface area (Å²) >= 11 is 0. The molecule has 4 rings (SSSR count). The first-order chi connectivity index (χ1) is 13.1. The van der Waals surface area contributed by atoms with Crippen molar-refractivity contribution >= 4 is 34.3 Å². The monoisotopic (exact) mass is 370 g/mol.